The summed E-state index contributed by atoms with van der Waals surface area (Å²) in [5.74, 6) is -1.34. The van der Waals surface area contributed by atoms with Gasteiger partial charge in [-0.25, -0.2) is 4.39 Å². The third-order valence-electron chi connectivity index (χ3n) is 2.76. The van der Waals surface area contributed by atoms with Crippen molar-refractivity contribution in [3.8, 4) is 5.75 Å². The van der Waals surface area contributed by atoms with Crippen molar-refractivity contribution < 1.29 is 23.8 Å². The molecule has 0 saturated heterocycles. The Bertz CT molecular complexity index is 522. The van der Waals surface area contributed by atoms with Crippen LogP contribution < -0.4 is 4.74 Å². The normalized spacial score (nSPS) is 10.5. The molecule has 0 radical (unpaired) electrons. The van der Waals surface area contributed by atoms with Crippen LogP contribution in [0.5, 0.6) is 5.75 Å². The van der Waals surface area contributed by atoms with Crippen LogP contribution in [0.3, 0.4) is 0 Å². The van der Waals surface area contributed by atoms with Crippen LogP contribution >= 0.6 is 15.9 Å². The molecule has 0 aliphatic carbocycles. The maximum absolute atomic E-state index is 12.9. The van der Waals surface area contributed by atoms with Crippen LogP contribution in [-0.4, -0.2) is 41.1 Å². The average molecular weight is 362 g/mol. The van der Waals surface area contributed by atoms with Crippen LogP contribution in [-0.2, 0) is 9.59 Å². The molecule has 1 N–H and O–H groups in total. The third-order valence-corrected chi connectivity index (χ3v) is 3.38. The van der Waals surface area contributed by atoms with Gasteiger partial charge >= 0.3 is 5.97 Å². The highest BCUT2D eigenvalue weighted by Crippen LogP contribution is 2.25. The summed E-state index contributed by atoms with van der Waals surface area (Å²) < 4.78 is 18.7. The van der Waals surface area contributed by atoms with Gasteiger partial charge in [0, 0.05) is 12.6 Å². The number of carboxylic acid groups (broad SMARTS) is 1. The van der Waals surface area contributed by atoms with E-state index in [1.807, 2.05) is 0 Å². The number of amides is 1. The Hall–Kier alpha value is -1.63. The standard InChI is InChI=1S/C14H17BrFNO4/c1-9(2)17(6-5-14(19)20)13(18)8-21-12-4-3-10(16)7-11(12)15/h3-4,7,9H,5-6,8H2,1-2H3,(H,19,20). The largest absolute Gasteiger partial charge is 0.483 e. The molecule has 7 heteroatoms. The molecule has 0 heterocycles. The van der Waals surface area contributed by atoms with Gasteiger partial charge in [0.25, 0.3) is 5.91 Å². The highest BCUT2D eigenvalue weighted by molar-refractivity contribution is 9.10. The van der Waals surface area contributed by atoms with Gasteiger partial charge in [0.2, 0.25) is 0 Å². The molecule has 0 aliphatic rings. The lowest BCUT2D eigenvalue weighted by Gasteiger charge is -2.26. The quantitative estimate of drug-likeness (QED) is 0.810. The number of halogens is 2. The average Bonchev–Trinajstić information content (AvgIpc) is 2.37. The lowest BCUT2D eigenvalue weighted by molar-refractivity contribution is -0.139. The van der Waals surface area contributed by atoms with Crippen LogP contribution in [0.15, 0.2) is 22.7 Å². The van der Waals surface area contributed by atoms with Gasteiger partial charge in [-0.05, 0) is 48.0 Å². The number of aliphatic carboxylic acids is 1. The van der Waals surface area contributed by atoms with E-state index in [0.717, 1.165) is 0 Å². The van der Waals surface area contributed by atoms with E-state index in [2.05, 4.69) is 15.9 Å². The highest BCUT2D eigenvalue weighted by atomic mass is 79.9. The summed E-state index contributed by atoms with van der Waals surface area (Å²) in [6.45, 7) is 3.49. The highest BCUT2D eigenvalue weighted by Gasteiger charge is 2.18. The van der Waals surface area contributed by atoms with Crippen LogP contribution in [0, 0.1) is 5.82 Å². The molecule has 0 bridgehead atoms. The second-order valence-electron chi connectivity index (χ2n) is 4.69. The molecule has 21 heavy (non-hydrogen) atoms. The Labute approximate surface area is 130 Å². The SMILES string of the molecule is CC(C)N(CCC(=O)O)C(=O)COc1ccc(F)cc1Br. The van der Waals surface area contributed by atoms with Gasteiger partial charge < -0.3 is 14.7 Å². The number of hydrogen-bond acceptors (Lipinski definition) is 3. The molecule has 5 nitrogen and oxygen atoms in total. The summed E-state index contributed by atoms with van der Waals surface area (Å²) in [4.78, 5) is 24.1. The molecule has 1 aromatic carbocycles. The minimum atomic E-state index is -0.962. The number of rotatable bonds is 7. The Morgan fingerprint density at radius 2 is 2.10 bits per heavy atom. The van der Waals surface area contributed by atoms with E-state index in [9.17, 15) is 14.0 Å². The molecule has 0 fully saturated rings. The van der Waals surface area contributed by atoms with Gasteiger partial charge in [0.15, 0.2) is 6.61 Å². The fraction of sp³-hybridized carbons (Fsp3) is 0.429. The minimum absolute atomic E-state index is 0.121. The third kappa shape index (κ3) is 5.71. The van der Waals surface area contributed by atoms with Gasteiger partial charge in [0.1, 0.15) is 11.6 Å². The van der Waals surface area contributed by atoms with Crippen LogP contribution in [0.25, 0.3) is 0 Å². The maximum atomic E-state index is 12.9. The minimum Gasteiger partial charge on any atom is -0.483 e. The second-order valence-corrected chi connectivity index (χ2v) is 5.54. The summed E-state index contributed by atoms with van der Waals surface area (Å²) in [7, 11) is 0. The second kappa shape index (κ2) is 7.97. The van der Waals surface area contributed by atoms with Crippen molar-refractivity contribution in [1.29, 1.82) is 0 Å². The van der Waals surface area contributed by atoms with Crippen LogP contribution in [0.4, 0.5) is 4.39 Å². The Kier molecular flexibility index (Phi) is 6.61. The van der Waals surface area contributed by atoms with E-state index in [1.54, 1.807) is 13.8 Å². The van der Waals surface area contributed by atoms with E-state index >= 15 is 0 Å². The van der Waals surface area contributed by atoms with Gasteiger partial charge in [-0.2, -0.15) is 0 Å². The lowest BCUT2D eigenvalue weighted by atomic mass is 10.2. The molecular formula is C14H17BrFNO4. The Morgan fingerprint density at radius 1 is 1.43 bits per heavy atom. The maximum Gasteiger partial charge on any atom is 0.305 e. The molecule has 1 aromatic rings. The van der Waals surface area contributed by atoms with Gasteiger partial charge in [-0.15, -0.1) is 0 Å². The first-order chi connectivity index (χ1) is 9.81. The number of ether oxygens (including phenoxy) is 1. The number of nitrogens with zero attached hydrogens (tertiary/aromatic N) is 1. The van der Waals surface area contributed by atoms with Crippen molar-refractivity contribution in [2.45, 2.75) is 26.3 Å². The lowest BCUT2D eigenvalue weighted by Crippen LogP contribution is -2.41. The molecule has 0 atom stereocenters. The van der Waals surface area contributed by atoms with Crippen LogP contribution in [0.1, 0.15) is 20.3 Å². The summed E-state index contributed by atoms with van der Waals surface area (Å²) >= 11 is 3.15. The fourth-order valence-electron chi connectivity index (χ4n) is 1.70. The molecule has 0 aliphatic heterocycles. The smallest absolute Gasteiger partial charge is 0.305 e. The van der Waals surface area contributed by atoms with Crippen molar-refractivity contribution in [1.82, 2.24) is 4.90 Å². The zero-order valence-electron chi connectivity index (χ0n) is 11.8. The van der Waals surface area contributed by atoms with Crippen molar-refractivity contribution in [2.24, 2.45) is 0 Å². The Balaban J connectivity index is 2.62. The number of carboxylic acids is 1. The molecular weight excluding hydrogens is 345 g/mol. The number of carbonyl (C=O) groups excluding carboxylic acids is 1. The van der Waals surface area contributed by atoms with Crippen molar-refractivity contribution >= 4 is 27.8 Å². The first kappa shape index (κ1) is 17.4. The molecule has 0 aromatic heterocycles. The van der Waals surface area contributed by atoms with Crippen molar-refractivity contribution in [3.63, 3.8) is 0 Å². The van der Waals surface area contributed by atoms with Crippen LogP contribution in [0.2, 0.25) is 0 Å². The van der Waals surface area contributed by atoms with Gasteiger partial charge in [0.05, 0.1) is 10.9 Å². The van der Waals surface area contributed by atoms with E-state index in [1.165, 1.54) is 23.1 Å². The predicted octanol–water partition coefficient (Wildman–Crippen LogP) is 2.68. The van der Waals surface area contributed by atoms with E-state index in [4.69, 9.17) is 9.84 Å². The van der Waals surface area contributed by atoms with E-state index in [0.29, 0.717) is 10.2 Å². The van der Waals surface area contributed by atoms with Crippen molar-refractivity contribution in [3.05, 3.63) is 28.5 Å². The monoisotopic (exact) mass is 361 g/mol. The molecule has 1 rings (SSSR count). The molecule has 116 valence electrons. The van der Waals surface area contributed by atoms with Gasteiger partial charge in [-0.3, -0.25) is 9.59 Å². The van der Waals surface area contributed by atoms with Crippen molar-refractivity contribution in [2.75, 3.05) is 13.2 Å². The van der Waals surface area contributed by atoms with E-state index < -0.39 is 11.8 Å². The predicted molar refractivity (Wildman–Crippen MR) is 78.7 cm³/mol. The summed E-state index contributed by atoms with van der Waals surface area (Å²) in [6.07, 6.45) is -0.121. The topological polar surface area (TPSA) is 66.8 Å². The van der Waals surface area contributed by atoms with E-state index in [-0.39, 0.29) is 31.5 Å². The fourth-order valence-corrected chi connectivity index (χ4v) is 2.17. The first-order valence-electron chi connectivity index (χ1n) is 6.40. The molecule has 0 spiro atoms. The summed E-state index contributed by atoms with van der Waals surface area (Å²) in [6, 6.07) is 3.76. The zero-order chi connectivity index (χ0) is 16.0. The Morgan fingerprint density at radius 3 is 2.62 bits per heavy atom. The molecule has 0 unspecified atom stereocenters. The summed E-state index contributed by atoms with van der Waals surface area (Å²) in [5.41, 5.74) is 0. The summed E-state index contributed by atoms with van der Waals surface area (Å²) in [5, 5.41) is 8.69. The van der Waals surface area contributed by atoms with Gasteiger partial charge in [-0.1, -0.05) is 0 Å². The molecule has 1 amide bonds. The molecule has 0 saturated carbocycles. The number of hydrogen-bond donors (Lipinski definition) is 1. The number of carbonyl (C=O) groups is 2. The first-order valence-corrected chi connectivity index (χ1v) is 7.19. The number of benzene rings is 1. The zero-order valence-corrected chi connectivity index (χ0v) is 13.4.